The first-order valence-electron chi connectivity index (χ1n) is 11.9. The number of hydrogen-bond donors (Lipinski definition) is 7. The lowest BCUT2D eigenvalue weighted by Crippen LogP contribution is -2.58. The lowest BCUT2D eigenvalue weighted by molar-refractivity contribution is -0.144. The quantitative estimate of drug-likeness (QED) is 0.156. The number of aromatic amines is 1. The van der Waals surface area contributed by atoms with Gasteiger partial charge in [-0.1, -0.05) is 34.1 Å². The first-order chi connectivity index (χ1) is 16.8. The molecule has 36 heavy (non-hydrogen) atoms. The van der Waals surface area contributed by atoms with Gasteiger partial charge >= 0.3 is 11.9 Å². The number of nitrogens with two attached hydrogens (primary N) is 1. The standard InChI is InChI=1S/C23H38N6O7/c1-5-13(4)19(23(35)36)29-22(34)16(8-12(2)3)28-21(33)17(9-14-10-25-11-26-14)27-20(32)15(24)6-7-18(30)31/h10-13,15-17,19H,5-9,24H2,1-4H3,(H,25,26)(H,27,32)(H,28,33)(H,29,34)(H,30,31)(H,35,36). The van der Waals surface area contributed by atoms with Crippen LogP contribution in [0.4, 0.5) is 0 Å². The smallest absolute Gasteiger partial charge is 0.326 e. The number of carboxylic acids is 2. The summed E-state index contributed by atoms with van der Waals surface area (Å²) in [6, 6.07) is -4.48. The van der Waals surface area contributed by atoms with Crippen molar-refractivity contribution in [3.8, 4) is 0 Å². The van der Waals surface area contributed by atoms with Crippen LogP contribution in [0.3, 0.4) is 0 Å². The largest absolute Gasteiger partial charge is 0.481 e. The maximum Gasteiger partial charge on any atom is 0.326 e. The van der Waals surface area contributed by atoms with Crippen molar-refractivity contribution >= 4 is 29.7 Å². The predicted octanol–water partition coefficient (Wildman–Crippen LogP) is -0.224. The van der Waals surface area contributed by atoms with Gasteiger partial charge in [0.1, 0.15) is 18.1 Å². The number of amides is 3. The van der Waals surface area contributed by atoms with Crippen LogP contribution < -0.4 is 21.7 Å². The van der Waals surface area contributed by atoms with E-state index in [2.05, 4.69) is 25.9 Å². The Bertz CT molecular complexity index is 890. The number of rotatable bonds is 16. The van der Waals surface area contributed by atoms with Gasteiger partial charge in [0.2, 0.25) is 17.7 Å². The SMILES string of the molecule is CCC(C)C(NC(=O)C(CC(C)C)NC(=O)C(Cc1cnc[nH]1)NC(=O)C(N)CCC(=O)O)C(=O)O. The third kappa shape index (κ3) is 10.4. The number of nitrogens with zero attached hydrogens (tertiary/aromatic N) is 1. The van der Waals surface area contributed by atoms with Gasteiger partial charge in [-0.15, -0.1) is 0 Å². The minimum absolute atomic E-state index is 0.00383. The van der Waals surface area contributed by atoms with Gasteiger partial charge in [-0.2, -0.15) is 0 Å². The second-order valence-corrected chi connectivity index (χ2v) is 9.28. The number of nitrogens with one attached hydrogen (secondary N) is 4. The van der Waals surface area contributed by atoms with Gasteiger partial charge in [0.05, 0.1) is 12.4 Å². The lowest BCUT2D eigenvalue weighted by atomic mass is 9.97. The maximum absolute atomic E-state index is 13.2. The van der Waals surface area contributed by atoms with E-state index in [9.17, 15) is 29.1 Å². The molecule has 13 heteroatoms. The Balaban J connectivity index is 3.06. The summed E-state index contributed by atoms with van der Waals surface area (Å²) in [6.45, 7) is 7.21. The van der Waals surface area contributed by atoms with E-state index < -0.39 is 53.8 Å². The van der Waals surface area contributed by atoms with Crippen molar-refractivity contribution in [2.45, 2.75) is 84.0 Å². The molecule has 0 aliphatic carbocycles. The number of carbonyl (C=O) groups excluding carboxylic acids is 3. The van der Waals surface area contributed by atoms with Crippen LogP contribution in [0.5, 0.6) is 0 Å². The van der Waals surface area contributed by atoms with Crippen molar-refractivity contribution in [1.82, 2.24) is 25.9 Å². The number of aliphatic carboxylic acids is 2. The van der Waals surface area contributed by atoms with Gasteiger partial charge in [0.25, 0.3) is 0 Å². The van der Waals surface area contributed by atoms with E-state index in [1.54, 1.807) is 6.92 Å². The highest BCUT2D eigenvalue weighted by Crippen LogP contribution is 2.11. The van der Waals surface area contributed by atoms with E-state index in [0.717, 1.165) is 0 Å². The van der Waals surface area contributed by atoms with Crippen molar-refractivity contribution in [3.05, 3.63) is 18.2 Å². The fourth-order valence-corrected chi connectivity index (χ4v) is 3.43. The average molecular weight is 511 g/mol. The molecule has 8 N–H and O–H groups in total. The molecule has 1 aromatic rings. The number of hydrogen-bond acceptors (Lipinski definition) is 7. The molecule has 0 aromatic carbocycles. The monoisotopic (exact) mass is 510 g/mol. The van der Waals surface area contributed by atoms with Crippen LogP contribution in [0, 0.1) is 11.8 Å². The zero-order chi connectivity index (χ0) is 27.4. The second-order valence-electron chi connectivity index (χ2n) is 9.28. The van der Waals surface area contributed by atoms with Gasteiger partial charge in [0, 0.05) is 24.7 Å². The molecule has 3 amide bonds. The fourth-order valence-electron chi connectivity index (χ4n) is 3.43. The van der Waals surface area contributed by atoms with E-state index >= 15 is 0 Å². The molecule has 1 rings (SSSR count). The van der Waals surface area contributed by atoms with Gasteiger partial charge in [-0.3, -0.25) is 19.2 Å². The molecule has 0 spiro atoms. The Morgan fingerprint density at radius 3 is 2.11 bits per heavy atom. The van der Waals surface area contributed by atoms with Crippen LogP contribution in [-0.2, 0) is 30.4 Å². The molecule has 0 saturated heterocycles. The zero-order valence-corrected chi connectivity index (χ0v) is 21.1. The summed E-state index contributed by atoms with van der Waals surface area (Å²) in [5, 5.41) is 26.0. The molecular weight excluding hydrogens is 472 g/mol. The molecule has 5 atom stereocenters. The Morgan fingerprint density at radius 1 is 1.00 bits per heavy atom. The summed E-state index contributed by atoms with van der Waals surface area (Å²) < 4.78 is 0. The normalized spacial score (nSPS) is 15.3. The Morgan fingerprint density at radius 2 is 1.61 bits per heavy atom. The average Bonchev–Trinajstić information content (AvgIpc) is 3.31. The van der Waals surface area contributed by atoms with Crippen LogP contribution in [0.2, 0.25) is 0 Å². The van der Waals surface area contributed by atoms with Crippen molar-refractivity contribution in [2.75, 3.05) is 0 Å². The minimum atomic E-state index is -1.17. The molecular formula is C23H38N6O7. The van der Waals surface area contributed by atoms with Crippen LogP contribution in [0.25, 0.3) is 0 Å². The summed E-state index contributed by atoms with van der Waals surface area (Å²) in [6.07, 6.45) is 3.20. The number of aromatic nitrogens is 2. The summed E-state index contributed by atoms with van der Waals surface area (Å²) in [7, 11) is 0. The van der Waals surface area contributed by atoms with Crippen molar-refractivity contribution in [3.63, 3.8) is 0 Å². The summed E-state index contributed by atoms with van der Waals surface area (Å²) >= 11 is 0. The summed E-state index contributed by atoms with van der Waals surface area (Å²) in [5.41, 5.74) is 6.31. The van der Waals surface area contributed by atoms with E-state index in [0.29, 0.717) is 12.1 Å². The molecule has 0 saturated carbocycles. The highest BCUT2D eigenvalue weighted by Gasteiger charge is 2.32. The predicted molar refractivity (Wildman–Crippen MR) is 129 cm³/mol. The highest BCUT2D eigenvalue weighted by molar-refractivity contribution is 5.94. The van der Waals surface area contributed by atoms with Gasteiger partial charge in [-0.25, -0.2) is 9.78 Å². The van der Waals surface area contributed by atoms with E-state index in [-0.39, 0.29) is 37.5 Å². The molecule has 1 heterocycles. The van der Waals surface area contributed by atoms with Gasteiger partial charge in [0.15, 0.2) is 0 Å². The first kappa shape index (κ1) is 30.6. The van der Waals surface area contributed by atoms with Crippen LogP contribution in [-0.4, -0.2) is 74.0 Å². The maximum atomic E-state index is 13.2. The molecule has 202 valence electrons. The van der Waals surface area contributed by atoms with Crippen molar-refractivity contribution < 1.29 is 34.2 Å². The number of carbonyl (C=O) groups is 5. The van der Waals surface area contributed by atoms with E-state index in [4.69, 9.17) is 10.8 Å². The van der Waals surface area contributed by atoms with Crippen LogP contribution in [0.1, 0.15) is 59.1 Å². The summed E-state index contributed by atoms with van der Waals surface area (Å²) in [4.78, 5) is 67.9. The Hall–Kier alpha value is -3.48. The molecule has 0 bridgehead atoms. The Labute approximate surface area is 210 Å². The van der Waals surface area contributed by atoms with Crippen LogP contribution >= 0.6 is 0 Å². The zero-order valence-electron chi connectivity index (χ0n) is 21.1. The minimum Gasteiger partial charge on any atom is -0.481 e. The molecule has 1 aromatic heterocycles. The number of carboxylic acid groups (broad SMARTS) is 2. The topological polar surface area (TPSA) is 217 Å². The molecule has 0 radical (unpaired) electrons. The van der Waals surface area contributed by atoms with Crippen molar-refractivity contribution in [1.29, 1.82) is 0 Å². The molecule has 13 nitrogen and oxygen atoms in total. The first-order valence-corrected chi connectivity index (χ1v) is 11.9. The van der Waals surface area contributed by atoms with Crippen molar-refractivity contribution in [2.24, 2.45) is 17.6 Å². The third-order valence-electron chi connectivity index (χ3n) is 5.73. The molecule has 0 fully saturated rings. The summed E-state index contributed by atoms with van der Waals surface area (Å²) in [5.74, 6) is -4.67. The highest BCUT2D eigenvalue weighted by atomic mass is 16.4. The van der Waals surface area contributed by atoms with E-state index in [1.807, 2.05) is 20.8 Å². The van der Waals surface area contributed by atoms with Crippen LogP contribution in [0.15, 0.2) is 12.5 Å². The number of imidazole rings is 1. The van der Waals surface area contributed by atoms with E-state index in [1.165, 1.54) is 12.5 Å². The molecule has 5 unspecified atom stereocenters. The Kier molecular flexibility index (Phi) is 12.6. The second kappa shape index (κ2) is 14.8. The molecule has 0 aliphatic rings. The van der Waals surface area contributed by atoms with Gasteiger partial charge < -0.3 is 36.9 Å². The third-order valence-corrected chi connectivity index (χ3v) is 5.73. The number of H-pyrrole nitrogens is 1. The molecule has 0 aliphatic heterocycles. The lowest BCUT2D eigenvalue weighted by Gasteiger charge is -2.27. The van der Waals surface area contributed by atoms with Gasteiger partial charge in [-0.05, 0) is 24.7 Å². The fraction of sp³-hybridized carbons (Fsp3) is 0.652.